The van der Waals surface area contributed by atoms with Gasteiger partial charge in [0.25, 0.3) is 0 Å². The molecule has 0 radical (unpaired) electrons. The zero-order valence-corrected chi connectivity index (χ0v) is 7.26. The quantitative estimate of drug-likeness (QED) is 0.556. The number of hydrogen-bond acceptors (Lipinski definition) is 3. The van der Waals surface area contributed by atoms with E-state index in [1.165, 1.54) is 4.31 Å². The maximum absolute atomic E-state index is 11.5. The zero-order valence-electron chi connectivity index (χ0n) is 6.45. The van der Waals surface area contributed by atoms with Gasteiger partial charge in [0.1, 0.15) is 4.75 Å². The molecule has 4 nitrogen and oxygen atoms in total. The third-order valence-corrected chi connectivity index (χ3v) is 5.59. The summed E-state index contributed by atoms with van der Waals surface area (Å²) in [6.07, 6.45) is 0.774. The fraction of sp³-hybridized carbons (Fsp3) is 1.00. The number of sulfonamides is 1. The van der Waals surface area contributed by atoms with Crippen molar-refractivity contribution in [3.8, 4) is 0 Å². The van der Waals surface area contributed by atoms with E-state index in [1.807, 2.05) is 0 Å². The Morgan fingerprint density at radius 1 is 1.73 bits per heavy atom. The fourth-order valence-corrected chi connectivity index (χ4v) is 4.09. The van der Waals surface area contributed by atoms with Gasteiger partial charge < -0.3 is 5.73 Å². The van der Waals surface area contributed by atoms with Crippen LogP contribution in [0.15, 0.2) is 0 Å². The highest BCUT2D eigenvalue weighted by atomic mass is 32.2. The second-order valence-corrected chi connectivity index (χ2v) is 5.84. The molecule has 1 heterocycles. The molecule has 0 spiro atoms. The Labute approximate surface area is 66.4 Å². The van der Waals surface area contributed by atoms with Crippen LogP contribution in [0.25, 0.3) is 0 Å². The lowest BCUT2D eigenvalue weighted by atomic mass is 10.3. The van der Waals surface area contributed by atoms with Crippen LogP contribution < -0.4 is 5.73 Å². The molecule has 2 N–H and O–H groups in total. The summed E-state index contributed by atoms with van der Waals surface area (Å²) in [7, 11) is -1.41. The summed E-state index contributed by atoms with van der Waals surface area (Å²) in [6, 6.07) is 0. The summed E-state index contributed by atoms with van der Waals surface area (Å²) < 4.78 is 23.9. The van der Waals surface area contributed by atoms with E-state index in [-0.39, 0.29) is 6.54 Å². The van der Waals surface area contributed by atoms with E-state index in [0.29, 0.717) is 12.5 Å². The maximum atomic E-state index is 11.5. The van der Waals surface area contributed by atoms with E-state index in [2.05, 4.69) is 0 Å². The van der Waals surface area contributed by atoms with Gasteiger partial charge in [0.2, 0.25) is 10.0 Å². The fourth-order valence-electron chi connectivity index (χ4n) is 1.98. The molecule has 0 amide bonds. The Balaban J connectivity index is 2.44. The van der Waals surface area contributed by atoms with Gasteiger partial charge >= 0.3 is 0 Å². The third kappa shape index (κ3) is 0.641. The van der Waals surface area contributed by atoms with Crippen molar-refractivity contribution in [3.63, 3.8) is 0 Å². The standard InChI is InChI=1S/C6H12N2O2S/c1-8-3-5-2-6(5,4-7)11(8,9)10/h5H,2-4,7H2,1H3. The topological polar surface area (TPSA) is 63.4 Å². The normalized spacial score (nSPS) is 47.3. The molecular weight excluding hydrogens is 164 g/mol. The molecule has 64 valence electrons. The second kappa shape index (κ2) is 1.78. The molecule has 1 saturated heterocycles. The minimum absolute atomic E-state index is 0.282. The van der Waals surface area contributed by atoms with Crippen molar-refractivity contribution in [2.75, 3.05) is 20.1 Å². The molecule has 2 aliphatic rings. The van der Waals surface area contributed by atoms with Gasteiger partial charge in [-0.15, -0.1) is 0 Å². The van der Waals surface area contributed by atoms with E-state index in [0.717, 1.165) is 6.42 Å². The third-order valence-electron chi connectivity index (χ3n) is 2.92. The lowest BCUT2D eigenvalue weighted by Crippen LogP contribution is -2.36. The first kappa shape index (κ1) is 7.52. The van der Waals surface area contributed by atoms with Crippen LogP contribution in [0.3, 0.4) is 0 Å². The molecule has 1 aliphatic heterocycles. The van der Waals surface area contributed by atoms with E-state index >= 15 is 0 Å². The van der Waals surface area contributed by atoms with Gasteiger partial charge in [0.05, 0.1) is 0 Å². The largest absolute Gasteiger partial charge is 0.329 e. The number of fused-ring (bicyclic) bond motifs is 1. The SMILES string of the molecule is CN1CC2CC2(CN)S1(=O)=O. The number of nitrogens with two attached hydrogens (primary N) is 1. The molecule has 0 aromatic carbocycles. The lowest BCUT2D eigenvalue weighted by Gasteiger charge is -2.15. The summed E-state index contributed by atoms with van der Waals surface area (Å²) in [5, 5.41) is 0. The average molecular weight is 176 g/mol. The summed E-state index contributed by atoms with van der Waals surface area (Å²) in [5.74, 6) is 0.308. The predicted molar refractivity (Wildman–Crippen MR) is 41.4 cm³/mol. The van der Waals surface area contributed by atoms with Gasteiger partial charge in [-0.25, -0.2) is 12.7 Å². The predicted octanol–water partition coefficient (Wildman–Crippen LogP) is -1.02. The maximum Gasteiger partial charge on any atom is 0.221 e. The van der Waals surface area contributed by atoms with Crippen molar-refractivity contribution < 1.29 is 8.42 Å². The number of rotatable bonds is 1. The van der Waals surface area contributed by atoms with Crippen molar-refractivity contribution >= 4 is 10.0 Å². The van der Waals surface area contributed by atoms with E-state index < -0.39 is 14.8 Å². The van der Waals surface area contributed by atoms with Crippen molar-refractivity contribution in [1.82, 2.24) is 4.31 Å². The Morgan fingerprint density at radius 2 is 2.36 bits per heavy atom. The summed E-state index contributed by atoms with van der Waals surface area (Å²) in [5.41, 5.74) is 5.44. The molecule has 0 bridgehead atoms. The van der Waals surface area contributed by atoms with E-state index in [4.69, 9.17) is 5.73 Å². The van der Waals surface area contributed by atoms with Gasteiger partial charge in [0.15, 0.2) is 0 Å². The van der Waals surface area contributed by atoms with Crippen LogP contribution in [-0.4, -0.2) is 37.6 Å². The van der Waals surface area contributed by atoms with Crippen LogP contribution in [0, 0.1) is 5.92 Å². The minimum atomic E-state index is -3.03. The van der Waals surface area contributed by atoms with Crippen LogP contribution >= 0.6 is 0 Å². The highest BCUT2D eigenvalue weighted by Gasteiger charge is 2.69. The van der Waals surface area contributed by atoms with Crippen molar-refractivity contribution in [1.29, 1.82) is 0 Å². The minimum Gasteiger partial charge on any atom is -0.329 e. The molecule has 2 atom stereocenters. The molecule has 1 saturated carbocycles. The average Bonchev–Trinajstić information content (AvgIpc) is 2.59. The Morgan fingerprint density at radius 3 is 2.64 bits per heavy atom. The Bertz CT molecular complexity index is 283. The highest BCUT2D eigenvalue weighted by molar-refractivity contribution is 7.91. The van der Waals surface area contributed by atoms with Crippen molar-refractivity contribution in [3.05, 3.63) is 0 Å². The molecule has 2 unspecified atom stereocenters. The second-order valence-electron chi connectivity index (χ2n) is 3.46. The highest BCUT2D eigenvalue weighted by Crippen LogP contribution is 2.55. The van der Waals surface area contributed by atoms with Crippen LogP contribution in [-0.2, 0) is 10.0 Å². The van der Waals surface area contributed by atoms with Gasteiger partial charge in [-0.1, -0.05) is 0 Å². The molecule has 0 aromatic rings. The molecule has 11 heavy (non-hydrogen) atoms. The smallest absolute Gasteiger partial charge is 0.221 e. The number of hydrogen-bond donors (Lipinski definition) is 1. The van der Waals surface area contributed by atoms with Gasteiger partial charge in [-0.2, -0.15) is 0 Å². The first-order valence-electron chi connectivity index (χ1n) is 3.70. The van der Waals surface area contributed by atoms with Crippen LogP contribution in [0.1, 0.15) is 6.42 Å². The Kier molecular flexibility index (Phi) is 1.22. The summed E-state index contributed by atoms with van der Waals surface area (Å²) in [4.78, 5) is 0. The first-order valence-corrected chi connectivity index (χ1v) is 5.14. The summed E-state index contributed by atoms with van der Waals surface area (Å²) >= 11 is 0. The lowest BCUT2D eigenvalue weighted by molar-refractivity contribution is 0.481. The molecule has 2 rings (SSSR count). The van der Waals surface area contributed by atoms with Gasteiger partial charge in [-0.05, 0) is 12.3 Å². The first-order chi connectivity index (χ1) is 5.04. The van der Waals surface area contributed by atoms with Gasteiger partial charge in [-0.3, -0.25) is 0 Å². The van der Waals surface area contributed by atoms with Crippen molar-refractivity contribution in [2.45, 2.75) is 11.2 Å². The number of nitrogens with zero attached hydrogens (tertiary/aromatic N) is 1. The molecule has 1 aliphatic carbocycles. The van der Waals surface area contributed by atoms with Crippen LogP contribution in [0.2, 0.25) is 0 Å². The molecular formula is C6H12N2O2S. The summed E-state index contributed by atoms with van der Waals surface area (Å²) in [6.45, 7) is 0.948. The van der Waals surface area contributed by atoms with Crippen LogP contribution in [0.4, 0.5) is 0 Å². The monoisotopic (exact) mass is 176 g/mol. The van der Waals surface area contributed by atoms with Gasteiger partial charge in [0, 0.05) is 20.1 Å². The van der Waals surface area contributed by atoms with E-state index in [9.17, 15) is 8.42 Å². The zero-order chi connectivity index (χ0) is 8.28. The van der Waals surface area contributed by atoms with Crippen molar-refractivity contribution in [2.24, 2.45) is 11.7 Å². The molecule has 2 fully saturated rings. The van der Waals surface area contributed by atoms with Crippen LogP contribution in [0.5, 0.6) is 0 Å². The Hall–Kier alpha value is -0.130. The van der Waals surface area contributed by atoms with E-state index in [1.54, 1.807) is 7.05 Å². The molecule has 5 heteroatoms. The molecule has 0 aromatic heterocycles.